The van der Waals surface area contributed by atoms with Gasteiger partial charge in [-0.05, 0) is 32.3 Å². The Balaban J connectivity index is 2.46. The highest BCUT2D eigenvalue weighted by atomic mass is 32.2. The molecule has 0 aliphatic carbocycles. The number of nitro benzene ring substituents is 1. The average molecular weight is 368 g/mol. The van der Waals surface area contributed by atoms with E-state index in [1.807, 2.05) is 6.07 Å². The van der Waals surface area contributed by atoms with Crippen LogP contribution in [0.15, 0.2) is 17.0 Å². The van der Waals surface area contributed by atoms with Crippen molar-refractivity contribution >= 4 is 23.4 Å². The van der Waals surface area contributed by atoms with Gasteiger partial charge in [-0.25, -0.2) is 0 Å². The van der Waals surface area contributed by atoms with E-state index in [4.69, 9.17) is 4.74 Å². The van der Waals surface area contributed by atoms with Crippen molar-refractivity contribution < 1.29 is 14.5 Å². The molecule has 0 N–H and O–H groups in total. The Morgan fingerprint density at radius 3 is 2.64 bits per heavy atom. The Hall–Kier alpha value is -1.56. The molecule has 0 aliphatic heterocycles. The van der Waals surface area contributed by atoms with Gasteiger partial charge in [0.2, 0.25) is 0 Å². The third-order valence-corrected chi connectivity index (χ3v) is 5.51. The number of carbonyl (C=O) groups excluding carboxylic acids is 1. The molecule has 1 aromatic rings. The molecule has 25 heavy (non-hydrogen) atoms. The minimum atomic E-state index is -0.343. The fourth-order valence-corrected chi connectivity index (χ4v) is 3.65. The van der Waals surface area contributed by atoms with Crippen molar-refractivity contribution in [3.8, 4) is 0 Å². The molecule has 5 nitrogen and oxygen atoms in total. The van der Waals surface area contributed by atoms with Crippen LogP contribution >= 0.6 is 11.8 Å². The quantitative estimate of drug-likeness (QED) is 0.225. The van der Waals surface area contributed by atoms with Crippen LogP contribution in [0, 0.1) is 29.9 Å². The second-order valence-corrected chi connectivity index (χ2v) is 7.45. The number of carbonyl (C=O) groups is 1. The van der Waals surface area contributed by atoms with E-state index in [0.717, 1.165) is 30.6 Å². The summed E-state index contributed by atoms with van der Waals surface area (Å²) in [4.78, 5) is 23.6. The largest absolute Gasteiger partial charge is 0.465 e. The number of benzene rings is 1. The summed E-state index contributed by atoms with van der Waals surface area (Å²) < 4.78 is 5.38. The summed E-state index contributed by atoms with van der Waals surface area (Å²) in [7, 11) is 0. The maximum atomic E-state index is 11.9. The van der Waals surface area contributed by atoms with Crippen molar-refractivity contribution in [1.82, 2.24) is 0 Å². The summed E-state index contributed by atoms with van der Waals surface area (Å²) in [5.74, 6) is 0.811. The molecule has 1 atom stereocenters. The van der Waals surface area contributed by atoms with E-state index in [-0.39, 0.29) is 16.6 Å². The highest BCUT2D eigenvalue weighted by molar-refractivity contribution is 7.99. The van der Waals surface area contributed by atoms with Crippen LogP contribution in [0.3, 0.4) is 0 Å². The van der Waals surface area contributed by atoms with Crippen LogP contribution in [0.2, 0.25) is 0 Å². The van der Waals surface area contributed by atoms with Crippen molar-refractivity contribution in [3.05, 3.63) is 33.4 Å². The third kappa shape index (κ3) is 7.06. The predicted octanol–water partition coefficient (Wildman–Crippen LogP) is 5.45. The van der Waals surface area contributed by atoms with Gasteiger partial charge in [0.15, 0.2) is 0 Å². The Labute approximate surface area is 154 Å². The Morgan fingerprint density at radius 1 is 1.32 bits per heavy atom. The van der Waals surface area contributed by atoms with Crippen molar-refractivity contribution in [2.75, 3.05) is 12.4 Å². The maximum Gasteiger partial charge on any atom is 0.306 e. The molecule has 1 aromatic carbocycles. The predicted molar refractivity (Wildman–Crippen MR) is 102 cm³/mol. The van der Waals surface area contributed by atoms with Gasteiger partial charge in [-0.1, -0.05) is 39.2 Å². The normalized spacial score (nSPS) is 12.0. The summed E-state index contributed by atoms with van der Waals surface area (Å²) in [6, 6.07) is 3.64. The number of unbranched alkanes of at least 4 members (excludes halogenated alkanes) is 1. The Morgan fingerprint density at radius 2 is 2.04 bits per heavy atom. The van der Waals surface area contributed by atoms with E-state index < -0.39 is 0 Å². The maximum absolute atomic E-state index is 11.9. The van der Waals surface area contributed by atoms with Gasteiger partial charge in [-0.2, -0.15) is 0 Å². The molecular formula is C19H29NO4S. The zero-order valence-corrected chi connectivity index (χ0v) is 16.5. The van der Waals surface area contributed by atoms with Crippen molar-refractivity contribution in [1.29, 1.82) is 0 Å². The van der Waals surface area contributed by atoms with Crippen molar-refractivity contribution in [2.45, 2.75) is 64.7 Å². The summed E-state index contributed by atoms with van der Waals surface area (Å²) >= 11 is 1.46. The molecule has 0 radical (unpaired) electrons. The molecule has 0 saturated heterocycles. The number of rotatable bonds is 11. The lowest BCUT2D eigenvalue weighted by molar-refractivity contribution is -0.386. The molecule has 0 bridgehead atoms. The smallest absolute Gasteiger partial charge is 0.306 e. The number of ether oxygens (including phenoxy) is 1. The van der Waals surface area contributed by atoms with Gasteiger partial charge in [0.05, 0.1) is 18.0 Å². The number of hydrogen-bond donors (Lipinski definition) is 0. The average Bonchev–Trinajstić information content (AvgIpc) is 2.57. The molecule has 0 saturated carbocycles. The highest BCUT2D eigenvalue weighted by Crippen LogP contribution is 2.32. The topological polar surface area (TPSA) is 69.4 Å². The van der Waals surface area contributed by atoms with Gasteiger partial charge >= 0.3 is 5.97 Å². The number of nitrogens with zero attached hydrogens (tertiary/aromatic N) is 1. The molecule has 0 spiro atoms. The monoisotopic (exact) mass is 367 g/mol. The summed E-state index contributed by atoms with van der Waals surface area (Å²) in [6.07, 6.45) is 4.76. The zero-order chi connectivity index (χ0) is 18.8. The second-order valence-electron chi connectivity index (χ2n) is 6.31. The number of nitro groups is 1. The molecule has 1 unspecified atom stereocenters. The molecule has 0 fully saturated rings. The number of thioether (sulfide) groups is 1. The SMILES string of the molecule is CCCCC(CC)COC(=O)CCSc1ccc(C)c([N+](=O)[O-])c1C. The Kier molecular flexibility index (Phi) is 9.57. The van der Waals surface area contributed by atoms with Crippen molar-refractivity contribution in [2.24, 2.45) is 5.92 Å². The van der Waals surface area contributed by atoms with E-state index in [1.54, 1.807) is 19.9 Å². The third-order valence-electron chi connectivity index (χ3n) is 4.35. The first-order chi connectivity index (χ1) is 11.9. The zero-order valence-electron chi connectivity index (χ0n) is 15.7. The lowest BCUT2D eigenvalue weighted by Crippen LogP contribution is -2.14. The summed E-state index contributed by atoms with van der Waals surface area (Å²) in [6.45, 7) is 8.27. The van der Waals surface area contributed by atoms with E-state index in [2.05, 4.69) is 13.8 Å². The molecule has 0 heterocycles. The van der Waals surface area contributed by atoms with Gasteiger partial charge < -0.3 is 4.74 Å². The summed E-state index contributed by atoms with van der Waals surface area (Å²) in [5.41, 5.74) is 1.48. The lowest BCUT2D eigenvalue weighted by atomic mass is 10.0. The minimum Gasteiger partial charge on any atom is -0.465 e. The molecular weight excluding hydrogens is 338 g/mol. The molecule has 0 amide bonds. The molecule has 1 rings (SSSR count). The van der Waals surface area contributed by atoms with Crippen LogP contribution in [-0.2, 0) is 9.53 Å². The first kappa shape index (κ1) is 21.5. The van der Waals surface area contributed by atoms with E-state index in [0.29, 0.717) is 35.8 Å². The molecule has 0 aromatic heterocycles. The fraction of sp³-hybridized carbons (Fsp3) is 0.632. The van der Waals surface area contributed by atoms with Crippen LogP contribution in [-0.4, -0.2) is 23.3 Å². The highest BCUT2D eigenvalue weighted by Gasteiger charge is 2.18. The van der Waals surface area contributed by atoms with Gasteiger partial charge in [0.1, 0.15) is 0 Å². The molecule has 0 aliphatic rings. The van der Waals surface area contributed by atoms with Crippen LogP contribution in [0.5, 0.6) is 0 Å². The van der Waals surface area contributed by atoms with Crippen LogP contribution < -0.4 is 0 Å². The molecule has 6 heteroatoms. The first-order valence-electron chi connectivity index (χ1n) is 8.93. The van der Waals surface area contributed by atoms with Gasteiger partial charge in [-0.3, -0.25) is 14.9 Å². The number of hydrogen-bond acceptors (Lipinski definition) is 5. The van der Waals surface area contributed by atoms with Gasteiger partial charge in [0, 0.05) is 21.8 Å². The van der Waals surface area contributed by atoms with Crippen LogP contribution in [0.1, 0.15) is 57.1 Å². The van der Waals surface area contributed by atoms with Gasteiger partial charge in [-0.15, -0.1) is 11.8 Å². The van der Waals surface area contributed by atoms with Gasteiger partial charge in [0.25, 0.3) is 5.69 Å². The van der Waals surface area contributed by atoms with E-state index >= 15 is 0 Å². The number of esters is 1. The van der Waals surface area contributed by atoms with E-state index in [9.17, 15) is 14.9 Å². The number of aryl methyl sites for hydroxylation is 1. The second kappa shape index (κ2) is 11.1. The molecule has 140 valence electrons. The van der Waals surface area contributed by atoms with E-state index in [1.165, 1.54) is 11.8 Å². The minimum absolute atomic E-state index is 0.161. The fourth-order valence-electron chi connectivity index (χ4n) is 2.68. The standard InChI is InChI=1S/C19H29NO4S/c1-5-7-8-16(6-2)13-24-18(21)11-12-25-17-10-9-14(3)19(15(17)4)20(22)23/h9-10,16H,5-8,11-13H2,1-4H3. The summed E-state index contributed by atoms with van der Waals surface area (Å²) in [5, 5.41) is 11.2. The first-order valence-corrected chi connectivity index (χ1v) is 9.92. The van der Waals surface area contributed by atoms with Crippen LogP contribution in [0.25, 0.3) is 0 Å². The Bertz CT molecular complexity index is 589. The van der Waals surface area contributed by atoms with Crippen molar-refractivity contribution in [3.63, 3.8) is 0 Å². The van der Waals surface area contributed by atoms with Crippen LogP contribution in [0.4, 0.5) is 5.69 Å². The lowest BCUT2D eigenvalue weighted by Gasteiger charge is -2.14.